The molecule has 4 heterocycles. The van der Waals surface area contributed by atoms with Crippen LogP contribution in [0.1, 0.15) is 43.9 Å². The zero-order chi connectivity index (χ0) is 20.6. The number of para-hydroxylation sites is 2. The summed E-state index contributed by atoms with van der Waals surface area (Å²) in [6, 6.07) is 11.4. The first kappa shape index (κ1) is 19.5. The molecule has 0 unspecified atom stereocenters. The Hall–Kier alpha value is -2.45. The number of nitrogens with zero attached hydrogens (tertiary/aromatic N) is 4. The van der Waals surface area contributed by atoms with E-state index in [2.05, 4.69) is 14.9 Å². The Morgan fingerprint density at radius 2 is 1.70 bits per heavy atom. The molecule has 3 aromatic rings. The lowest BCUT2D eigenvalue weighted by Gasteiger charge is -2.31. The van der Waals surface area contributed by atoms with Crippen molar-refractivity contribution in [1.29, 1.82) is 0 Å². The number of rotatable bonds is 4. The highest BCUT2D eigenvalue weighted by atomic mass is 32.2. The average Bonchev–Trinajstić information content (AvgIpc) is 3.24. The highest BCUT2D eigenvalue weighted by Gasteiger charge is 2.28. The van der Waals surface area contributed by atoms with Gasteiger partial charge in [-0.25, -0.2) is 18.4 Å². The minimum absolute atomic E-state index is 0.287. The van der Waals surface area contributed by atoms with E-state index in [4.69, 9.17) is 4.42 Å². The van der Waals surface area contributed by atoms with E-state index in [1.54, 1.807) is 10.4 Å². The first-order valence-corrected chi connectivity index (χ1v) is 12.1. The van der Waals surface area contributed by atoms with Gasteiger partial charge in [0.15, 0.2) is 11.5 Å². The second-order valence-electron chi connectivity index (χ2n) is 8.10. The van der Waals surface area contributed by atoms with E-state index in [1.807, 2.05) is 30.3 Å². The van der Waals surface area contributed by atoms with Crippen LogP contribution in [0.5, 0.6) is 0 Å². The molecule has 158 valence electrons. The summed E-state index contributed by atoms with van der Waals surface area (Å²) >= 11 is 0. The van der Waals surface area contributed by atoms with E-state index < -0.39 is 10.0 Å². The molecule has 0 spiro atoms. The molecular weight excluding hydrogens is 400 g/mol. The smallest absolute Gasteiger partial charge is 0.244 e. The molecule has 7 nitrogen and oxygen atoms in total. The molecule has 0 radical (unpaired) electrons. The number of piperidine rings is 2. The second kappa shape index (κ2) is 8.00. The summed E-state index contributed by atoms with van der Waals surface area (Å²) in [6.07, 6.45) is 6.33. The summed E-state index contributed by atoms with van der Waals surface area (Å²) in [6.45, 7) is 2.89. The van der Waals surface area contributed by atoms with Crippen molar-refractivity contribution >= 4 is 26.9 Å². The Morgan fingerprint density at radius 1 is 0.933 bits per heavy atom. The number of sulfonamides is 1. The molecule has 2 fully saturated rings. The Kier molecular flexibility index (Phi) is 5.20. The molecule has 2 aromatic heterocycles. The highest BCUT2D eigenvalue weighted by molar-refractivity contribution is 7.89. The highest BCUT2D eigenvalue weighted by Crippen LogP contribution is 2.31. The van der Waals surface area contributed by atoms with E-state index in [0.717, 1.165) is 68.0 Å². The molecule has 0 saturated carbocycles. The van der Waals surface area contributed by atoms with Gasteiger partial charge in [-0.05, 0) is 49.9 Å². The molecule has 2 saturated heterocycles. The fourth-order valence-electron chi connectivity index (χ4n) is 4.39. The monoisotopic (exact) mass is 426 g/mol. The number of hydrogen-bond donors (Lipinski definition) is 0. The maximum atomic E-state index is 12.8. The van der Waals surface area contributed by atoms with Gasteiger partial charge in [0.25, 0.3) is 0 Å². The third-order valence-electron chi connectivity index (χ3n) is 6.15. The van der Waals surface area contributed by atoms with Crippen LogP contribution in [0.25, 0.3) is 11.1 Å². The molecule has 0 amide bonds. The van der Waals surface area contributed by atoms with Crippen molar-refractivity contribution in [3.05, 3.63) is 48.5 Å². The zero-order valence-electron chi connectivity index (χ0n) is 16.9. The summed E-state index contributed by atoms with van der Waals surface area (Å²) in [4.78, 5) is 11.6. The van der Waals surface area contributed by atoms with E-state index in [0.29, 0.717) is 19.0 Å². The van der Waals surface area contributed by atoms with Crippen molar-refractivity contribution in [3.8, 4) is 0 Å². The number of aromatic nitrogens is 2. The van der Waals surface area contributed by atoms with Crippen molar-refractivity contribution in [2.24, 2.45) is 0 Å². The average molecular weight is 427 g/mol. The topological polar surface area (TPSA) is 79.5 Å². The summed E-state index contributed by atoms with van der Waals surface area (Å²) in [5, 5.41) is 0. The quantitative estimate of drug-likeness (QED) is 0.632. The lowest BCUT2D eigenvalue weighted by Crippen LogP contribution is -2.36. The third-order valence-corrected chi connectivity index (χ3v) is 8.03. The van der Waals surface area contributed by atoms with Crippen molar-refractivity contribution in [3.63, 3.8) is 0 Å². The summed E-state index contributed by atoms with van der Waals surface area (Å²) in [5.74, 6) is 1.93. The number of fused-ring (bicyclic) bond motifs is 1. The fourth-order valence-corrected chi connectivity index (χ4v) is 5.85. The van der Waals surface area contributed by atoms with Gasteiger partial charge in [0.2, 0.25) is 10.0 Å². The van der Waals surface area contributed by atoms with Gasteiger partial charge in [0.1, 0.15) is 16.2 Å². The van der Waals surface area contributed by atoms with Gasteiger partial charge in [-0.1, -0.05) is 18.6 Å². The molecular formula is C22H26N4O3S. The Bertz CT molecular complexity index is 1080. The van der Waals surface area contributed by atoms with Crippen LogP contribution in [-0.4, -0.2) is 48.9 Å². The second-order valence-corrected chi connectivity index (χ2v) is 10.0. The minimum atomic E-state index is -3.44. The molecule has 2 aliphatic rings. The number of benzene rings is 1. The van der Waals surface area contributed by atoms with E-state index in [-0.39, 0.29) is 4.90 Å². The number of anilines is 1. The maximum absolute atomic E-state index is 12.8. The lowest BCUT2D eigenvalue weighted by atomic mass is 9.97. The summed E-state index contributed by atoms with van der Waals surface area (Å²) in [5.41, 5.74) is 1.74. The Labute approximate surface area is 176 Å². The first-order chi connectivity index (χ1) is 14.6. The fraction of sp³-hybridized carbons (Fsp3) is 0.455. The van der Waals surface area contributed by atoms with Crippen LogP contribution in [0, 0.1) is 0 Å². The van der Waals surface area contributed by atoms with Crippen LogP contribution in [0.15, 0.2) is 51.9 Å². The standard InChI is InChI=1S/C22H26N4O3S/c27-30(28,26-12-4-1-5-13-26)18-8-9-21(23-16-18)25-14-10-17(11-15-25)22-24-19-6-2-3-7-20(19)29-22/h2-3,6-9,16-17H,1,4-5,10-15H2. The predicted octanol–water partition coefficient (Wildman–Crippen LogP) is 3.78. The molecule has 0 aliphatic carbocycles. The normalized spacial score (nSPS) is 19.4. The number of hydrogen-bond acceptors (Lipinski definition) is 6. The van der Waals surface area contributed by atoms with Crippen LogP contribution in [0.4, 0.5) is 5.82 Å². The molecule has 0 atom stereocenters. The van der Waals surface area contributed by atoms with Gasteiger partial charge in [0, 0.05) is 38.3 Å². The van der Waals surface area contributed by atoms with Gasteiger partial charge in [0.05, 0.1) is 0 Å². The van der Waals surface area contributed by atoms with Gasteiger partial charge in [-0.3, -0.25) is 0 Å². The van der Waals surface area contributed by atoms with Crippen molar-refractivity contribution in [1.82, 2.24) is 14.3 Å². The van der Waals surface area contributed by atoms with Gasteiger partial charge >= 0.3 is 0 Å². The van der Waals surface area contributed by atoms with Gasteiger partial charge in [-0.2, -0.15) is 4.31 Å². The van der Waals surface area contributed by atoms with Crippen LogP contribution in [0.3, 0.4) is 0 Å². The molecule has 5 rings (SSSR count). The van der Waals surface area contributed by atoms with Crippen LogP contribution in [0.2, 0.25) is 0 Å². The molecule has 30 heavy (non-hydrogen) atoms. The van der Waals surface area contributed by atoms with Crippen molar-refractivity contribution in [2.45, 2.75) is 42.9 Å². The summed E-state index contributed by atoms with van der Waals surface area (Å²) < 4.78 is 33.1. The molecule has 2 aliphatic heterocycles. The SMILES string of the molecule is O=S(=O)(c1ccc(N2CCC(c3nc4ccccc4o3)CC2)nc1)N1CCCCC1. The van der Waals surface area contributed by atoms with Crippen LogP contribution >= 0.6 is 0 Å². The van der Waals surface area contributed by atoms with E-state index in [1.165, 1.54) is 6.20 Å². The largest absolute Gasteiger partial charge is 0.440 e. The predicted molar refractivity (Wildman–Crippen MR) is 115 cm³/mol. The lowest BCUT2D eigenvalue weighted by molar-refractivity contribution is 0.346. The molecule has 0 N–H and O–H groups in total. The van der Waals surface area contributed by atoms with Crippen LogP contribution < -0.4 is 4.90 Å². The van der Waals surface area contributed by atoms with E-state index in [9.17, 15) is 8.42 Å². The molecule has 1 aromatic carbocycles. The molecule has 0 bridgehead atoms. The zero-order valence-corrected chi connectivity index (χ0v) is 17.7. The maximum Gasteiger partial charge on any atom is 0.244 e. The summed E-state index contributed by atoms with van der Waals surface area (Å²) in [7, 11) is -3.44. The minimum Gasteiger partial charge on any atom is -0.440 e. The van der Waals surface area contributed by atoms with Gasteiger partial charge < -0.3 is 9.32 Å². The van der Waals surface area contributed by atoms with Crippen LogP contribution in [-0.2, 0) is 10.0 Å². The van der Waals surface area contributed by atoms with E-state index >= 15 is 0 Å². The van der Waals surface area contributed by atoms with Crippen molar-refractivity contribution < 1.29 is 12.8 Å². The first-order valence-electron chi connectivity index (χ1n) is 10.7. The Morgan fingerprint density at radius 3 is 2.40 bits per heavy atom. The number of oxazole rings is 1. The molecule has 8 heteroatoms. The van der Waals surface area contributed by atoms with Gasteiger partial charge in [-0.15, -0.1) is 0 Å². The third kappa shape index (κ3) is 3.70. The van der Waals surface area contributed by atoms with Crippen molar-refractivity contribution in [2.75, 3.05) is 31.1 Å². The number of pyridine rings is 1. The Balaban J connectivity index is 1.25.